The average Bonchev–Trinajstić information content (AvgIpc) is 2.95. The molecule has 5 nitrogen and oxygen atoms in total. The number of benzene rings is 1. The molecule has 1 aromatic heterocycles. The van der Waals surface area contributed by atoms with Crippen molar-refractivity contribution in [3.63, 3.8) is 0 Å². The van der Waals surface area contributed by atoms with Crippen LogP contribution in [0.3, 0.4) is 0 Å². The van der Waals surface area contributed by atoms with Crippen molar-refractivity contribution in [1.82, 2.24) is 15.6 Å². The van der Waals surface area contributed by atoms with Crippen molar-refractivity contribution in [2.24, 2.45) is 0 Å². The molecule has 3 rings (SSSR count). The predicted molar refractivity (Wildman–Crippen MR) is 103 cm³/mol. The zero-order valence-corrected chi connectivity index (χ0v) is 16.2. The number of amides is 2. The second kappa shape index (κ2) is 8.03. The molecule has 0 bridgehead atoms. The van der Waals surface area contributed by atoms with Gasteiger partial charge >= 0.3 is 6.03 Å². The maximum absolute atomic E-state index is 13.0. The van der Waals surface area contributed by atoms with E-state index in [2.05, 4.69) is 20.5 Å². The summed E-state index contributed by atoms with van der Waals surface area (Å²) < 4.78 is 13.0. The van der Waals surface area contributed by atoms with Crippen LogP contribution in [0.4, 0.5) is 14.9 Å². The second-order valence-corrected chi connectivity index (χ2v) is 7.99. The molecule has 2 N–H and O–H groups in total. The Hall–Kier alpha value is -2.15. The molecule has 0 aliphatic carbocycles. The third kappa shape index (κ3) is 4.52. The van der Waals surface area contributed by atoms with Gasteiger partial charge in [0.25, 0.3) is 0 Å². The van der Waals surface area contributed by atoms with E-state index in [1.165, 1.54) is 12.1 Å². The number of carbonyl (C=O) groups excluding carboxylic acids is 1. The molecule has 2 heterocycles. The van der Waals surface area contributed by atoms with Gasteiger partial charge in [0.15, 0.2) is 0 Å². The molecule has 2 amide bonds. The fraction of sp³-hybridized carbons (Fsp3) is 0.474. The van der Waals surface area contributed by atoms with E-state index in [4.69, 9.17) is 0 Å². The standard InChI is InChI=1S/C19H25FN4OS/c1-12-18(26-14(3)21-12)13(2)22-19(25)23-16-8-10-24(11-9-16)17-6-4-15(20)5-7-17/h4-7,13,16H,8-11H2,1-3H3,(H2,22,23,25)/t13-/m1/s1. The molecule has 140 valence electrons. The molecular weight excluding hydrogens is 351 g/mol. The predicted octanol–water partition coefficient (Wildman–Crippen LogP) is 3.93. The molecule has 7 heteroatoms. The largest absolute Gasteiger partial charge is 0.371 e. The molecule has 1 atom stereocenters. The Labute approximate surface area is 157 Å². The van der Waals surface area contributed by atoms with Crippen molar-refractivity contribution >= 4 is 23.1 Å². The Morgan fingerprint density at radius 2 is 1.92 bits per heavy atom. The van der Waals surface area contributed by atoms with Crippen LogP contribution in [-0.2, 0) is 0 Å². The maximum atomic E-state index is 13.0. The number of urea groups is 1. The number of nitrogens with zero attached hydrogens (tertiary/aromatic N) is 2. The van der Waals surface area contributed by atoms with Gasteiger partial charge in [0.2, 0.25) is 0 Å². The summed E-state index contributed by atoms with van der Waals surface area (Å²) in [5, 5.41) is 7.10. The monoisotopic (exact) mass is 376 g/mol. The summed E-state index contributed by atoms with van der Waals surface area (Å²) in [6, 6.07) is 6.54. The van der Waals surface area contributed by atoms with Crippen LogP contribution in [-0.4, -0.2) is 30.1 Å². The minimum atomic E-state index is -0.220. The van der Waals surface area contributed by atoms with Crippen LogP contribution in [0.1, 0.15) is 41.4 Å². The highest BCUT2D eigenvalue weighted by molar-refractivity contribution is 7.11. The van der Waals surface area contributed by atoms with E-state index in [1.54, 1.807) is 23.5 Å². The van der Waals surface area contributed by atoms with E-state index in [9.17, 15) is 9.18 Å². The Morgan fingerprint density at radius 3 is 2.50 bits per heavy atom. The summed E-state index contributed by atoms with van der Waals surface area (Å²) >= 11 is 1.62. The minimum Gasteiger partial charge on any atom is -0.371 e. The molecule has 1 aliphatic heterocycles. The number of aromatic nitrogens is 1. The number of halogens is 1. The molecule has 2 aromatic rings. The minimum absolute atomic E-state index is 0.0551. The zero-order valence-electron chi connectivity index (χ0n) is 15.4. The number of hydrogen-bond donors (Lipinski definition) is 2. The van der Waals surface area contributed by atoms with Crippen LogP contribution in [0, 0.1) is 19.7 Å². The first-order valence-corrected chi connectivity index (χ1v) is 9.75. The van der Waals surface area contributed by atoms with Crippen molar-refractivity contribution in [1.29, 1.82) is 0 Å². The van der Waals surface area contributed by atoms with Gasteiger partial charge in [0, 0.05) is 29.7 Å². The van der Waals surface area contributed by atoms with Crippen LogP contribution in [0.5, 0.6) is 0 Å². The lowest BCUT2D eigenvalue weighted by molar-refractivity contribution is 0.231. The van der Waals surface area contributed by atoms with E-state index < -0.39 is 0 Å². The van der Waals surface area contributed by atoms with Crippen LogP contribution >= 0.6 is 11.3 Å². The highest BCUT2D eigenvalue weighted by Crippen LogP contribution is 2.24. The molecule has 0 unspecified atom stereocenters. The van der Waals surface area contributed by atoms with Crippen LogP contribution in [0.15, 0.2) is 24.3 Å². The van der Waals surface area contributed by atoms with Crippen molar-refractivity contribution in [2.45, 2.75) is 45.7 Å². The van der Waals surface area contributed by atoms with E-state index in [1.807, 2.05) is 20.8 Å². The Bertz CT molecular complexity index is 753. The smallest absolute Gasteiger partial charge is 0.315 e. The van der Waals surface area contributed by atoms with Crippen molar-refractivity contribution in [3.8, 4) is 0 Å². The lowest BCUT2D eigenvalue weighted by Gasteiger charge is -2.34. The molecule has 1 saturated heterocycles. The van der Waals surface area contributed by atoms with E-state index in [0.717, 1.165) is 47.2 Å². The molecule has 1 aliphatic rings. The van der Waals surface area contributed by atoms with Crippen LogP contribution in [0.25, 0.3) is 0 Å². The van der Waals surface area contributed by atoms with Crippen LogP contribution in [0.2, 0.25) is 0 Å². The number of hydrogen-bond acceptors (Lipinski definition) is 4. The Kier molecular flexibility index (Phi) is 5.76. The van der Waals surface area contributed by atoms with Gasteiger partial charge in [-0.1, -0.05) is 0 Å². The Morgan fingerprint density at radius 1 is 1.27 bits per heavy atom. The van der Waals surface area contributed by atoms with Gasteiger partial charge in [0.1, 0.15) is 5.82 Å². The van der Waals surface area contributed by atoms with E-state index in [-0.39, 0.29) is 23.9 Å². The SMILES string of the molecule is Cc1nc(C)c([C@@H](C)NC(=O)NC2CCN(c3ccc(F)cc3)CC2)s1. The number of rotatable bonds is 4. The number of piperidine rings is 1. The second-order valence-electron chi connectivity index (χ2n) is 6.76. The topological polar surface area (TPSA) is 57.3 Å². The summed E-state index contributed by atoms with van der Waals surface area (Å²) in [5.41, 5.74) is 2.01. The maximum Gasteiger partial charge on any atom is 0.315 e. The first kappa shape index (κ1) is 18.6. The van der Waals surface area contributed by atoms with Gasteiger partial charge in [-0.2, -0.15) is 0 Å². The highest BCUT2D eigenvalue weighted by atomic mass is 32.1. The van der Waals surface area contributed by atoms with Crippen LogP contribution < -0.4 is 15.5 Å². The fourth-order valence-electron chi connectivity index (χ4n) is 3.37. The zero-order chi connectivity index (χ0) is 18.7. The lowest BCUT2D eigenvalue weighted by Crippen LogP contribution is -2.48. The lowest BCUT2D eigenvalue weighted by atomic mass is 10.0. The summed E-state index contributed by atoms with van der Waals surface area (Å²) in [5.74, 6) is -0.220. The van der Waals surface area contributed by atoms with Gasteiger partial charge < -0.3 is 15.5 Å². The number of carbonyl (C=O) groups is 1. The van der Waals surface area contributed by atoms with Gasteiger partial charge in [0.05, 0.1) is 16.7 Å². The van der Waals surface area contributed by atoms with Gasteiger partial charge in [-0.05, 0) is 57.9 Å². The summed E-state index contributed by atoms with van der Waals surface area (Å²) in [7, 11) is 0. The summed E-state index contributed by atoms with van der Waals surface area (Å²) in [6.45, 7) is 7.62. The first-order chi connectivity index (χ1) is 12.4. The molecule has 0 spiro atoms. The quantitative estimate of drug-likeness (QED) is 0.850. The third-order valence-corrected chi connectivity index (χ3v) is 5.96. The van der Waals surface area contributed by atoms with Gasteiger partial charge in [-0.25, -0.2) is 14.2 Å². The fourth-order valence-corrected chi connectivity index (χ4v) is 4.30. The Balaban J connectivity index is 1.47. The van der Waals surface area contributed by atoms with Crippen molar-refractivity contribution < 1.29 is 9.18 Å². The number of thiazole rings is 1. The van der Waals surface area contributed by atoms with Crippen molar-refractivity contribution in [2.75, 3.05) is 18.0 Å². The number of aryl methyl sites for hydroxylation is 2. The molecule has 26 heavy (non-hydrogen) atoms. The molecule has 0 saturated carbocycles. The number of anilines is 1. The number of nitrogens with one attached hydrogen (secondary N) is 2. The molecule has 0 radical (unpaired) electrons. The molecule has 1 aromatic carbocycles. The summed E-state index contributed by atoms with van der Waals surface area (Å²) in [4.78, 5) is 20.0. The molecular formula is C19H25FN4OS. The van der Waals surface area contributed by atoms with Gasteiger partial charge in [-0.3, -0.25) is 0 Å². The van der Waals surface area contributed by atoms with E-state index >= 15 is 0 Å². The third-order valence-electron chi connectivity index (χ3n) is 4.70. The highest BCUT2D eigenvalue weighted by Gasteiger charge is 2.22. The van der Waals surface area contributed by atoms with Gasteiger partial charge in [-0.15, -0.1) is 11.3 Å². The van der Waals surface area contributed by atoms with Crippen molar-refractivity contribution in [3.05, 3.63) is 45.7 Å². The average molecular weight is 377 g/mol. The first-order valence-electron chi connectivity index (χ1n) is 8.94. The van der Waals surface area contributed by atoms with E-state index in [0.29, 0.717) is 0 Å². The molecule has 1 fully saturated rings. The summed E-state index contributed by atoms with van der Waals surface area (Å²) in [6.07, 6.45) is 1.75. The normalized spacial score (nSPS) is 16.4.